The Morgan fingerprint density at radius 3 is 2.14 bits per heavy atom. The van der Waals surface area contributed by atoms with Gasteiger partial charge in [0.2, 0.25) is 10.0 Å². The molecule has 0 aliphatic heterocycles. The Kier molecular flexibility index (Phi) is 5.12. The van der Waals surface area contributed by atoms with E-state index in [1.807, 2.05) is 0 Å². The van der Waals surface area contributed by atoms with Gasteiger partial charge in [0.1, 0.15) is 0 Å². The van der Waals surface area contributed by atoms with Gasteiger partial charge in [0.05, 0.1) is 10.8 Å². The van der Waals surface area contributed by atoms with Crippen LogP contribution in [0.25, 0.3) is 0 Å². The Bertz CT molecular complexity index is 623. The fourth-order valence-electron chi connectivity index (χ4n) is 2.54. The third-order valence-electron chi connectivity index (χ3n) is 3.84. The molecule has 0 radical (unpaired) electrons. The van der Waals surface area contributed by atoms with Gasteiger partial charge in [-0.15, -0.1) is 0 Å². The molecule has 0 unspecified atom stereocenters. The molecule has 0 atom stereocenters. The number of alkyl halides is 2. The van der Waals surface area contributed by atoms with Crippen LogP contribution in [0.5, 0.6) is 0 Å². The summed E-state index contributed by atoms with van der Waals surface area (Å²) in [4.78, 5) is 10.8. The van der Waals surface area contributed by atoms with Gasteiger partial charge >= 0.3 is 5.97 Å². The molecule has 2 rings (SSSR count). The molecule has 0 spiro atoms. The number of aliphatic carboxylic acids is 1. The van der Waals surface area contributed by atoms with Gasteiger partial charge in [-0.3, -0.25) is 4.79 Å². The first kappa shape index (κ1) is 16.8. The number of hydrogen-bond donors (Lipinski definition) is 2. The first-order valence-electron chi connectivity index (χ1n) is 6.93. The molecule has 0 amide bonds. The zero-order valence-electron chi connectivity index (χ0n) is 11.7. The minimum atomic E-state index is -3.78. The van der Waals surface area contributed by atoms with Crippen LogP contribution in [-0.2, 0) is 14.8 Å². The van der Waals surface area contributed by atoms with Crippen molar-refractivity contribution in [2.75, 3.05) is 0 Å². The topological polar surface area (TPSA) is 83.5 Å². The summed E-state index contributed by atoms with van der Waals surface area (Å²) in [5.41, 5.74) is -0.235. The summed E-state index contributed by atoms with van der Waals surface area (Å²) < 4.78 is 51.8. The highest BCUT2D eigenvalue weighted by atomic mass is 32.2. The largest absolute Gasteiger partial charge is 0.481 e. The lowest BCUT2D eigenvalue weighted by molar-refractivity contribution is -0.142. The van der Waals surface area contributed by atoms with Gasteiger partial charge < -0.3 is 5.11 Å². The number of carboxylic acids is 1. The van der Waals surface area contributed by atoms with Gasteiger partial charge in [0, 0.05) is 11.6 Å². The van der Waals surface area contributed by atoms with Crippen LogP contribution in [0.2, 0.25) is 0 Å². The maximum absolute atomic E-state index is 12.5. The van der Waals surface area contributed by atoms with E-state index in [2.05, 4.69) is 4.72 Å². The molecule has 122 valence electrons. The lowest BCUT2D eigenvalue weighted by Gasteiger charge is -2.26. The van der Waals surface area contributed by atoms with Crippen LogP contribution >= 0.6 is 0 Å². The van der Waals surface area contributed by atoms with E-state index in [0.717, 1.165) is 24.3 Å². The normalized spacial score (nSPS) is 22.7. The molecular formula is C14H17F2NO4S. The molecule has 1 aromatic carbocycles. The fraction of sp³-hybridized carbons (Fsp3) is 0.500. The van der Waals surface area contributed by atoms with Crippen molar-refractivity contribution >= 4 is 16.0 Å². The Morgan fingerprint density at radius 2 is 1.68 bits per heavy atom. The van der Waals surface area contributed by atoms with Crippen LogP contribution in [0.15, 0.2) is 29.2 Å². The molecular weight excluding hydrogens is 316 g/mol. The first-order chi connectivity index (χ1) is 10.3. The Hall–Kier alpha value is -1.54. The average molecular weight is 333 g/mol. The number of nitrogens with one attached hydrogen (secondary N) is 1. The van der Waals surface area contributed by atoms with E-state index in [0.29, 0.717) is 25.7 Å². The monoisotopic (exact) mass is 333 g/mol. The summed E-state index contributed by atoms with van der Waals surface area (Å²) in [5, 5.41) is 8.91. The molecule has 5 nitrogen and oxygen atoms in total. The Labute approximate surface area is 127 Å². The summed E-state index contributed by atoms with van der Waals surface area (Å²) >= 11 is 0. The second kappa shape index (κ2) is 6.70. The van der Waals surface area contributed by atoms with Crippen LogP contribution in [0.4, 0.5) is 8.78 Å². The molecule has 1 fully saturated rings. The molecule has 1 aromatic rings. The third kappa shape index (κ3) is 4.01. The van der Waals surface area contributed by atoms with Crippen molar-refractivity contribution in [2.45, 2.75) is 43.0 Å². The predicted molar refractivity (Wildman–Crippen MR) is 75.1 cm³/mol. The number of benzene rings is 1. The minimum absolute atomic E-state index is 0.0720. The summed E-state index contributed by atoms with van der Waals surface area (Å²) in [7, 11) is -3.78. The summed E-state index contributed by atoms with van der Waals surface area (Å²) in [6.07, 6.45) is -0.896. The van der Waals surface area contributed by atoms with Crippen LogP contribution in [-0.4, -0.2) is 25.5 Å². The highest BCUT2D eigenvalue weighted by Gasteiger charge is 2.28. The lowest BCUT2D eigenvalue weighted by Crippen LogP contribution is -2.38. The molecule has 2 N–H and O–H groups in total. The zero-order chi connectivity index (χ0) is 16.3. The molecule has 1 aliphatic carbocycles. The second-order valence-electron chi connectivity index (χ2n) is 5.38. The highest BCUT2D eigenvalue weighted by molar-refractivity contribution is 7.89. The number of hydrogen-bond acceptors (Lipinski definition) is 3. The SMILES string of the molecule is O=C(O)C1CCC(NS(=O)(=O)c2ccc(C(F)F)cc2)CC1. The number of carboxylic acid groups (broad SMARTS) is 1. The Morgan fingerprint density at radius 1 is 1.14 bits per heavy atom. The predicted octanol–water partition coefficient (Wildman–Crippen LogP) is 2.55. The van der Waals surface area contributed by atoms with Crippen LogP contribution in [0, 0.1) is 5.92 Å². The number of rotatable bonds is 5. The van der Waals surface area contributed by atoms with Crippen molar-refractivity contribution in [3.63, 3.8) is 0 Å². The van der Waals surface area contributed by atoms with E-state index in [-0.39, 0.29) is 16.5 Å². The van der Waals surface area contributed by atoms with Crippen molar-refractivity contribution < 1.29 is 27.1 Å². The van der Waals surface area contributed by atoms with E-state index in [9.17, 15) is 22.0 Å². The minimum Gasteiger partial charge on any atom is -0.481 e. The highest BCUT2D eigenvalue weighted by Crippen LogP contribution is 2.26. The van der Waals surface area contributed by atoms with Gasteiger partial charge in [-0.1, -0.05) is 12.1 Å². The third-order valence-corrected chi connectivity index (χ3v) is 5.38. The van der Waals surface area contributed by atoms with Crippen LogP contribution < -0.4 is 4.72 Å². The molecule has 1 aliphatic rings. The molecule has 0 aromatic heterocycles. The van der Waals surface area contributed by atoms with Gasteiger partial charge in [-0.2, -0.15) is 0 Å². The average Bonchev–Trinajstić information content (AvgIpc) is 2.47. The van der Waals surface area contributed by atoms with Crippen molar-refractivity contribution in [1.29, 1.82) is 0 Å². The first-order valence-corrected chi connectivity index (χ1v) is 8.41. The molecule has 22 heavy (non-hydrogen) atoms. The van der Waals surface area contributed by atoms with E-state index >= 15 is 0 Å². The van der Waals surface area contributed by atoms with Crippen molar-refractivity contribution in [1.82, 2.24) is 4.72 Å². The van der Waals surface area contributed by atoms with Crippen molar-refractivity contribution in [2.24, 2.45) is 5.92 Å². The maximum atomic E-state index is 12.5. The van der Waals surface area contributed by atoms with E-state index in [1.54, 1.807) is 0 Å². The van der Waals surface area contributed by atoms with Crippen LogP contribution in [0.3, 0.4) is 0 Å². The summed E-state index contributed by atoms with van der Waals surface area (Å²) in [6.45, 7) is 0. The molecule has 0 heterocycles. The van der Waals surface area contributed by atoms with E-state index in [1.165, 1.54) is 0 Å². The van der Waals surface area contributed by atoms with Gasteiger partial charge in [0.25, 0.3) is 6.43 Å². The molecule has 0 saturated heterocycles. The van der Waals surface area contributed by atoms with Gasteiger partial charge in [-0.25, -0.2) is 21.9 Å². The smallest absolute Gasteiger partial charge is 0.306 e. The fourth-order valence-corrected chi connectivity index (χ4v) is 3.84. The number of halogens is 2. The molecule has 8 heteroatoms. The van der Waals surface area contributed by atoms with E-state index < -0.39 is 28.3 Å². The quantitative estimate of drug-likeness (QED) is 0.867. The second-order valence-corrected chi connectivity index (χ2v) is 7.09. The Balaban J connectivity index is 2.01. The van der Waals surface area contributed by atoms with Crippen molar-refractivity contribution in [3.05, 3.63) is 29.8 Å². The molecule has 1 saturated carbocycles. The summed E-state index contributed by atoms with van der Waals surface area (Å²) in [6, 6.07) is 4.14. The summed E-state index contributed by atoms with van der Waals surface area (Å²) in [5.74, 6) is -1.28. The van der Waals surface area contributed by atoms with Gasteiger partial charge in [0.15, 0.2) is 0 Å². The maximum Gasteiger partial charge on any atom is 0.306 e. The van der Waals surface area contributed by atoms with Gasteiger partial charge in [-0.05, 0) is 37.8 Å². The van der Waals surface area contributed by atoms with E-state index in [4.69, 9.17) is 5.11 Å². The van der Waals surface area contributed by atoms with Crippen molar-refractivity contribution in [3.8, 4) is 0 Å². The number of carbonyl (C=O) groups is 1. The number of sulfonamides is 1. The lowest BCUT2D eigenvalue weighted by atomic mass is 9.87. The standard InChI is InChI=1S/C14H17F2NO4S/c15-13(16)9-3-7-12(8-4-9)22(20,21)17-11-5-1-10(2-6-11)14(18)19/h3-4,7-8,10-11,13,17H,1-2,5-6H2,(H,18,19). The zero-order valence-corrected chi connectivity index (χ0v) is 12.5. The molecule has 0 bridgehead atoms. The van der Waals surface area contributed by atoms with Crippen LogP contribution in [0.1, 0.15) is 37.7 Å².